The van der Waals surface area contributed by atoms with E-state index in [9.17, 15) is 13.6 Å². The summed E-state index contributed by atoms with van der Waals surface area (Å²) in [6.45, 7) is 4.04. The maximum absolute atomic E-state index is 13.7. The van der Waals surface area contributed by atoms with Crippen LogP contribution in [0.25, 0.3) is 17.1 Å². The van der Waals surface area contributed by atoms with Crippen molar-refractivity contribution in [3.05, 3.63) is 66.6 Å². The van der Waals surface area contributed by atoms with Crippen LogP contribution in [0.2, 0.25) is 0 Å². The molecule has 4 heterocycles. The lowest BCUT2D eigenvalue weighted by atomic mass is 10.2. The summed E-state index contributed by atoms with van der Waals surface area (Å²) in [4.78, 5) is 27.5. The molecule has 11 heteroatoms. The average molecular weight is 466 g/mol. The second-order valence-corrected chi connectivity index (χ2v) is 8.11. The largest absolute Gasteiger partial charge is 0.376 e. The molecule has 0 aliphatic carbocycles. The van der Waals surface area contributed by atoms with Crippen LogP contribution in [0.15, 0.2) is 55.4 Å². The molecule has 9 nitrogen and oxygen atoms in total. The van der Waals surface area contributed by atoms with E-state index in [2.05, 4.69) is 25.4 Å². The van der Waals surface area contributed by atoms with Gasteiger partial charge in [0, 0.05) is 26.3 Å². The Bertz CT molecular complexity index is 1310. The summed E-state index contributed by atoms with van der Waals surface area (Å²) in [5.41, 5.74) is 1.72. The first-order valence-corrected chi connectivity index (χ1v) is 10.6. The van der Waals surface area contributed by atoms with Crippen molar-refractivity contribution in [3.8, 4) is 17.1 Å². The molecule has 0 saturated carbocycles. The molecule has 1 N–H and O–H groups in total. The summed E-state index contributed by atoms with van der Waals surface area (Å²) in [6, 6.07) is 7.01. The molecule has 176 valence electrons. The summed E-state index contributed by atoms with van der Waals surface area (Å²) in [5, 5.41) is 6.56. The lowest BCUT2D eigenvalue weighted by molar-refractivity contribution is 0.101. The molecule has 0 atom stereocenters. The highest BCUT2D eigenvalue weighted by Crippen LogP contribution is 2.26. The zero-order valence-electron chi connectivity index (χ0n) is 19.1. The smallest absolute Gasteiger partial charge is 0.282 e. The lowest BCUT2D eigenvalue weighted by Crippen LogP contribution is -2.14. The summed E-state index contributed by atoms with van der Waals surface area (Å²) in [7, 11) is 3.67. The SMILES string of the molecule is CC(C)n1cncc1-c1cccc(NC(=O)c2cn(-c3cncc(N(C)C)c3)nc2C(F)F)n1. The van der Waals surface area contributed by atoms with E-state index in [1.165, 1.54) is 17.1 Å². The molecular weight excluding hydrogens is 442 g/mol. The molecule has 0 radical (unpaired) electrons. The zero-order chi connectivity index (χ0) is 24.4. The second kappa shape index (κ2) is 9.38. The number of hydrogen-bond acceptors (Lipinski definition) is 6. The van der Waals surface area contributed by atoms with Crippen LogP contribution in [0, 0.1) is 0 Å². The summed E-state index contributed by atoms with van der Waals surface area (Å²) in [5.74, 6) is -0.511. The van der Waals surface area contributed by atoms with E-state index in [4.69, 9.17) is 0 Å². The van der Waals surface area contributed by atoms with E-state index in [0.29, 0.717) is 11.4 Å². The van der Waals surface area contributed by atoms with Gasteiger partial charge in [-0.1, -0.05) is 6.07 Å². The van der Waals surface area contributed by atoms with Gasteiger partial charge in [-0.05, 0) is 32.0 Å². The van der Waals surface area contributed by atoms with Crippen molar-refractivity contribution in [1.82, 2.24) is 29.3 Å². The number of hydrogen-bond donors (Lipinski definition) is 1. The minimum Gasteiger partial charge on any atom is -0.376 e. The Labute approximate surface area is 195 Å². The quantitative estimate of drug-likeness (QED) is 0.435. The topological polar surface area (TPSA) is 93.8 Å². The molecule has 34 heavy (non-hydrogen) atoms. The van der Waals surface area contributed by atoms with Gasteiger partial charge in [0.15, 0.2) is 0 Å². The number of carbonyl (C=O) groups is 1. The molecule has 1 amide bonds. The van der Waals surface area contributed by atoms with Gasteiger partial charge in [0.2, 0.25) is 0 Å². The zero-order valence-corrected chi connectivity index (χ0v) is 19.1. The van der Waals surface area contributed by atoms with Gasteiger partial charge in [0.05, 0.1) is 53.2 Å². The van der Waals surface area contributed by atoms with Crippen LogP contribution in [0.4, 0.5) is 20.3 Å². The van der Waals surface area contributed by atoms with Crippen LogP contribution in [0.5, 0.6) is 0 Å². The minimum absolute atomic E-state index is 0.164. The molecule has 0 aliphatic rings. The number of rotatable bonds is 7. The summed E-state index contributed by atoms with van der Waals surface area (Å²) >= 11 is 0. The van der Waals surface area contributed by atoms with Crippen molar-refractivity contribution in [2.75, 3.05) is 24.3 Å². The summed E-state index contributed by atoms with van der Waals surface area (Å²) in [6.07, 6.45) is 4.84. The molecule has 0 spiro atoms. The third-order valence-electron chi connectivity index (χ3n) is 5.16. The lowest BCUT2D eigenvalue weighted by Gasteiger charge is -2.12. The second-order valence-electron chi connectivity index (χ2n) is 8.11. The fourth-order valence-electron chi connectivity index (χ4n) is 3.39. The van der Waals surface area contributed by atoms with Gasteiger partial charge in [-0.2, -0.15) is 5.10 Å². The van der Waals surface area contributed by atoms with E-state index in [1.54, 1.807) is 43.0 Å². The standard InChI is InChI=1S/C23H24F2N8O/c1-14(2)32-13-27-11-19(32)18-6-5-7-20(28-18)29-23(34)17-12-33(30-21(17)22(24)25)16-8-15(31(3)4)9-26-10-16/h5-14,22H,1-4H3,(H,28,29,34). The number of aromatic nitrogens is 6. The van der Waals surface area contributed by atoms with E-state index in [0.717, 1.165) is 11.4 Å². The number of amides is 1. The van der Waals surface area contributed by atoms with Crippen molar-refractivity contribution in [2.45, 2.75) is 26.3 Å². The number of nitrogens with one attached hydrogen (secondary N) is 1. The predicted molar refractivity (Wildman–Crippen MR) is 124 cm³/mol. The Balaban J connectivity index is 1.64. The Hall–Kier alpha value is -4.15. The van der Waals surface area contributed by atoms with Crippen molar-refractivity contribution >= 4 is 17.4 Å². The van der Waals surface area contributed by atoms with Crippen LogP contribution >= 0.6 is 0 Å². The third kappa shape index (κ3) is 4.63. The third-order valence-corrected chi connectivity index (χ3v) is 5.16. The Kier molecular flexibility index (Phi) is 6.35. The Morgan fingerprint density at radius 3 is 2.62 bits per heavy atom. The number of nitrogens with zero attached hydrogens (tertiary/aromatic N) is 7. The fraction of sp³-hybridized carbons (Fsp3) is 0.261. The Morgan fingerprint density at radius 2 is 1.91 bits per heavy atom. The van der Waals surface area contributed by atoms with Gasteiger partial charge in [-0.15, -0.1) is 0 Å². The molecular formula is C23H24F2N8O. The maximum atomic E-state index is 13.7. The number of imidazole rings is 1. The van der Waals surface area contributed by atoms with E-state index >= 15 is 0 Å². The van der Waals surface area contributed by atoms with Crippen molar-refractivity contribution in [2.24, 2.45) is 0 Å². The normalized spacial score (nSPS) is 11.3. The highest BCUT2D eigenvalue weighted by atomic mass is 19.3. The molecule has 4 rings (SSSR count). The van der Waals surface area contributed by atoms with Gasteiger partial charge >= 0.3 is 0 Å². The molecule has 4 aromatic heterocycles. The highest BCUT2D eigenvalue weighted by Gasteiger charge is 2.24. The van der Waals surface area contributed by atoms with E-state index < -0.39 is 18.0 Å². The molecule has 4 aromatic rings. The van der Waals surface area contributed by atoms with E-state index in [1.807, 2.05) is 37.4 Å². The number of alkyl halides is 2. The molecule has 0 fully saturated rings. The van der Waals surface area contributed by atoms with Crippen LogP contribution in [0.1, 0.15) is 42.4 Å². The monoisotopic (exact) mass is 466 g/mol. The number of pyridine rings is 2. The van der Waals surface area contributed by atoms with Crippen LogP contribution in [-0.4, -0.2) is 49.3 Å². The van der Waals surface area contributed by atoms with Gasteiger partial charge < -0.3 is 14.8 Å². The van der Waals surface area contributed by atoms with Gasteiger partial charge in [-0.25, -0.2) is 23.4 Å². The van der Waals surface area contributed by atoms with Crippen molar-refractivity contribution in [3.63, 3.8) is 0 Å². The first-order chi connectivity index (χ1) is 16.2. The molecule has 0 aliphatic heterocycles. The van der Waals surface area contributed by atoms with E-state index in [-0.39, 0.29) is 17.4 Å². The molecule has 0 bridgehead atoms. The van der Waals surface area contributed by atoms with Crippen molar-refractivity contribution < 1.29 is 13.6 Å². The van der Waals surface area contributed by atoms with Crippen molar-refractivity contribution in [1.29, 1.82) is 0 Å². The Morgan fingerprint density at radius 1 is 1.12 bits per heavy atom. The summed E-state index contributed by atoms with van der Waals surface area (Å²) < 4.78 is 30.6. The van der Waals surface area contributed by atoms with Crippen LogP contribution in [-0.2, 0) is 0 Å². The first kappa shape index (κ1) is 23.0. The molecule has 0 saturated heterocycles. The fourth-order valence-corrected chi connectivity index (χ4v) is 3.39. The minimum atomic E-state index is -2.94. The molecule has 0 unspecified atom stereocenters. The van der Waals surface area contributed by atoms with Crippen LogP contribution in [0.3, 0.4) is 0 Å². The maximum Gasteiger partial charge on any atom is 0.282 e. The highest BCUT2D eigenvalue weighted by molar-refractivity contribution is 6.04. The predicted octanol–water partition coefficient (Wildman–Crippen LogP) is 4.36. The number of carbonyl (C=O) groups excluding carboxylic acids is 1. The molecule has 0 aromatic carbocycles. The van der Waals surface area contributed by atoms with Gasteiger partial charge in [0.25, 0.3) is 12.3 Å². The number of anilines is 2. The van der Waals surface area contributed by atoms with Gasteiger partial charge in [-0.3, -0.25) is 9.78 Å². The number of halogens is 2. The van der Waals surface area contributed by atoms with Crippen LogP contribution < -0.4 is 10.2 Å². The average Bonchev–Trinajstić information content (AvgIpc) is 3.47. The first-order valence-electron chi connectivity index (χ1n) is 10.6. The van der Waals surface area contributed by atoms with Gasteiger partial charge in [0.1, 0.15) is 11.5 Å².